The number of halogens is 2. The predicted octanol–water partition coefficient (Wildman–Crippen LogP) is 2.50. The molecule has 1 aliphatic rings. The molecule has 0 aliphatic carbocycles. The lowest BCUT2D eigenvalue weighted by atomic mass is 10.1. The topological polar surface area (TPSA) is 130 Å². The molecular weight excluding hydrogens is 542 g/mol. The van der Waals surface area contributed by atoms with Crippen molar-refractivity contribution in [3.63, 3.8) is 0 Å². The number of anilines is 1. The van der Waals surface area contributed by atoms with Crippen LogP contribution >= 0.6 is 0 Å². The minimum atomic E-state index is -3.64. The van der Waals surface area contributed by atoms with E-state index < -0.39 is 32.4 Å². The molecule has 38 heavy (non-hydrogen) atoms. The standard InChI is InChI=1S/C23H28F2N6O5S2/c1-3-38(34,35)31(16-19-7-6-18(14-26-19)22-27-28-23(36-22)21(24)25)20-8-4-17(5-9-20)15-29-10-12-30(13-11-29)37(2,32)33/h4-9,14,21H,3,10-13,15-16H2,1-2H3. The molecular formula is C23H28F2N6O5S2. The van der Waals surface area contributed by atoms with Crippen LogP contribution < -0.4 is 4.31 Å². The van der Waals surface area contributed by atoms with E-state index in [9.17, 15) is 25.6 Å². The van der Waals surface area contributed by atoms with Crippen molar-refractivity contribution in [2.24, 2.45) is 0 Å². The van der Waals surface area contributed by atoms with Crippen LogP contribution in [0.5, 0.6) is 0 Å². The molecule has 1 aliphatic heterocycles. The molecule has 1 fully saturated rings. The van der Waals surface area contributed by atoms with Gasteiger partial charge in [0.05, 0.1) is 35.5 Å². The molecule has 3 aromatic rings. The first-order chi connectivity index (χ1) is 18.0. The summed E-state index contributed by atoms with van der Waals surface area (Å²) in [5.74, 6) is -1.01. The third-order valence-electron chi connectivity index (χ3n) is 6.14. The maximum atomic E-state index is 12.9. The maximum Gasteiger partial charge on any atom is 0.314 e. The molecule has 0 amide bonds. The van der Waals surface area contributed by atoms with Gasteiger partial charge < -0.3 is 4.42 Å². The number of rotatable bonds is 10. The molecule has 11 nitrogen and oxygen atoms in total. The Morgan fingerprint density at radius 1 is 1.00 bits per heavy atom. The number of piperazine rings is 1. The van der Waals surface area contributed by atoms with Gasteiger partial charge in [0.25, 0.3) is 5.89 Å². The molecule has 1 aromatic carbocycles. The fourth-order valence-electron chi connectivity index (χ4n) is 3.98. The third-order valence-corrected chi connectivity index (χ3v) is 9.18. The van der Waals surface area contributed by atoms with Crippen LogP contribution in [0.1, 0.15) is 30.5 Å². The van der Waals surface area contributed by atoms with Gasteiger partial charge >= 0.3 is 6.43 Å². The summed E-state index contributed by atoms with van der Waals surface area (Å²) in [7, 11) is -6.84. The van der Waals surface area contributed by atoms with Gasteiger partial charge in [0.15, 0.2) is 0 Å². The van der Waals surface area contributed by atoms with Gasteiger partial charge in [0, 0.05) is 38.9 Å². The van der Waals surface area contributed by atoms with Crippen LogP contribution in [-0.4, -0.2) is 79.4 Å². The Morgan fingerprint density at radius 3 is 2.21 bits per heavy atom. The summed E-state index contributed by atoms with van der Waals surface area (Å²) in [5, 5.41) is 6.88. The van der Waals surface area contributed by atoms with Crippen LogP contribution in [0.4, 0.5) is 14.5 Å². The Hall–Kier alpha value is -3.01. The van der Waals surface area contributed by atoms with Crippen LogP contribution in [-0.2, 0) is 33.1 Å². The first kappa shape index (κ1) is 28.0. The van der Waals surface area contributed by atoms with Crippen LogP contribution in [0.3, 0.4) is 0 Å². The van der Waals surface area contributed by atoms with Crippen molar-refractivity contribution in [2.45, 2.75) is 26.4 Å². The summed E-state index contributed by atoms with van der Waals surface area (Å²) in [6, 6.07) is 10.3. The number of alkyl halides is 2. The highest BCUT2D eigenvalue weighted by Crippen LogP contribution is 2.25. The molecule has 0 bridgehead atoms. The molecule has 2 aromatic heterocycles. The molecule has 0 unspecified atom stereocenters. The van der Waals surface area contributed by atoms with Gasteiger partial charge in [-0.2, -0.15) is 13.1 Å². The highest BCUT2D eigenvalue weighted by atomic mass is 32.2. The molecule has 4 rings (SSSR count). The zero-order valence-electron chi connectivity index (χ0n) is 20.9. The monoisotopic (exact) mass is 570 g/mol. The summed E-state index contributed by atoms with van der Waals surface area (Å²) in [6.45, 7) is 4.23. The molecule has 0 radical (unpaired) electrons. The van der Waals surface area contributed by atoms with Crippen molar-refractivity contribution in [3.05, 3.63) is 59.7 Å². The Balaban J connectivity index is 1.45. The predicted molar refractivity (Wildman–Crippen MR) is 136 cm³/mol. The smallest absolute Gasteiger partial charge is 0.314 e. The van der Waals surface area contributed by atoms with E-state index in [2.05, 4.69) is 20.1 Å². The highest BCUT2D eigenvalue weighted by Gasteiger charge is 2.25. The zero-order valence-corrected chi connectivity index (χ0v) is 22.5. The molecule has 3 heterocycles. The van der Waals surface area contributed by atoms with Gasteiger partial charge in [0.2, 0.25) is 25.9 Å². The molecule has 206 valence electrons. The number of pyridine rings is 1. The number of aromatic nitrogens is 3. The van der Waals surface area contributed by atoms with Gasteiger partial charge in [-0.1, -0.05) is 12.1 Å². The second-order valence-corrected chi connectivity index (χ2v) is 13.0. The number of benzene rings is 1. The van der Waals surface area contributed by atoms with Gasteiger partial charge in [-0.3, -0.25) is 14.2 Å². The largest absolute Gasteiger partial charge is 0.415 e. The highest BCUT2D eigenvalue weighted by molar-refractivity contribution is 7.92. The van der Waals surface area contributed by atoms with Crippen LogP contribution in [0.25, 0.3) is 11.5 Å². The van der Waals surface area contributed by atoms with Crippen molar-refractivity contribution >= 4 is 25.7 Å². The van der Waals surface area contributed by atoms with Crippen molar-refractivity contribution in [2.75, 3.05) is 42.5 Å². The number of sulfonamides is 2. The number of hydrogen-bond acceptors (Lipinski definition) is 9. The van der Waals surface area contributed by atoms with E-state index in [0.717, 1.165) is 5.56 Å². The van der Waals surface area contributed by atoms with E-state index in [1.165, 1.54) is 21.1 Å². The first-order valence-electron chi connectivity index (χ1n) is 11.8. The van der Waals surface area contributed by atoms with E-state index >= 15 is 0 Å². The maximum absolute atomic E-state index is 12.9. The molecule has 0 saturated carbocycles. The lowest BCUT2D eigenvalue weighted by Crippen LogP contribution is -2.47. The Labute approximate surface area is 220 Å². The minimum Gasteiger partial charge on any atom is -0.415 e. The van der Waals surface area contributed by atoms with E-state index in [4.69, 9.17) is 4.42 Å². The fraction of sp³-hybridized carbons (Fsp3) is 0.435. The van der Waals surface area contributed by atoms with Crippen molar-refractivity contribution in [1.82, 2.24) is 24.4 Å². The molecule has 1 saturated heterocycles. The van der Waals surface area contributed by atoms with Crippen LogP contribution in [0.2, 0.25) is 0 Å². The average molecular weight is 571 g/mol. The summed E-state index contributed by atoms with van der Waals surface area (Å²) in [6.07, 6.45) is -0.310. The Morgan fingerprint density at radius 2 is 1.68 bits per heavy atom. The summed E-state index contributed by atoms with van der Waals surface area (Å²) in [5.41, 5.74) is 2.22. The van der Waals surface area contributed by atoms with Crippen molar-refractivity contribution in [3.8, 4) is 11.5 Å². The summed E-state index contributed by atoms with van der Waals surface area (Å²) >= 11 is 0. The van der Waals surface area contributed by atoms with Crippen molar-refractivity contribution in [1.29, 1.82) is 0 Å². The lowest BCUT2D eigenvalue weighted by Gasteiger charge is -2.33. The van der Waals surface area contributed by atoms with E-state index in [0.29, 0.717) is 49.7 Å². The van der Waals surface area contributed by atoms with E-state index in [1.807, 2.05) is 12.1 Å². The van der Waals surface area contributed by atoms with Gasteiger partial charge in [-0.05, 0) is 36.8 Å². The number of hydrogen-bond donors (Lipinski definition) is 0. The SMILES string of the molecule is CCS(=O)(=O)N(Cc1ccc(-c2nnc(C(F)F)o2)cn1)c1ccc(CN2CCN(S(C)(=O)=O)CC2)cc1. The fourth-order valence-corrected chi connectivity index (χ4v) is 5.89. The normalized spacial score (nSPS) is 15.7. The quantitative estimate of drug-likeness (QED) is 0.361. The van der Waals surface area contributed by atoms with Crippen LogP contribution in [0.15, 0.2) is 47.0 Å². The summed E-state index contributed by atoms with van der Waals surface area (Å²) < 4.78 is 82.3. The Bertz CT molecular complexity index is 1440. The first-order valence-corrected chi connectivity index (χ1v) is 15.3. The van der Waals surface area contributed by atoms with Gasteiger partial charge in [0.1, 0.15) is 0 Å². The van der Waals surface area contributed by atoms with E-state index in [1.54, 1.807) is 31.2 Å². The molecule has 15 heteroatoms. The van der Waals surface area contributed by atoms with Crippen LogP contribution in [0, 0.1) is 0 Å². The zero-order chi connectivity index (χ0) is 27.5. The van der Waals surface area contributed by atoms with E-state index in [-0.39, 0.29) is 18.2 Å². The minimum absolute atomic E-state index is 0.0324. The molecule has 0 spiro atoms. The molecule has 0 N–H and O–H groups in total. The third kappa shape index (κ3) is 6.70. The Kier molecular flexibility index (Phi) is 8.40. The van der Waals surface area contributed by atoms with Crippen molar-refractivity contribution < 1.29 is 30.0 Å². The second kappa shape index (κ2) is 11.4. The van der Waals surface area contributed by atoms with Gasteiger partial charge in [-0.25, -0.2) is 16.8 Å². The number of nitrogens with zero attached hydrogens (tertiary/aromatic N) is 6. The molecule has 0 atom stereocenters. The van der Waals surface area contributed by atoms with Gasteiger partial charge in [-0.15, -0.1) is 10.2 Å². The average Bonchev–Trinajstić information content (AvgIpc) is 3.39. The lowest BCUT2D eigenvalue weighted by molar-refractivity contribution is 0.116. The summed E-state index contributed by atoms with van der Waals surface area (Å²) in [4.78, 5) is 6.41. The second-order valence-electron chi connectivity index (χ2n) is 8.80.